The Balaban J connectivity index is 2.34. The molecule has 78 valence electrons. The first kappa shape index (κ1) is 10.5. The van der Waals surface area contributed by atoms with Crippen LogP contribution in [0.25, 0.3) is 0 Å². The van der Waals surface area contributed by atoms with E-state index in [1.165, 1.54) is 6.07 Å². The van der Waals surface area contributed by atoms with Crippen LogP contribution >= 0.6 is 28.1 Å². The van der Waals surface area contributed by atoms with E-state index >= 15 is 0 Å². The van der Waals surface area contributed by atoms with E-state index in [1.807, 2.05) is 0 Å². The lowest BCUT2D eigenvalue weighted by atomic mass is 10.1. The Morgan fingerprint density at radius 3 is 2.73 bits per heavy atom. The minimum Gasteiger partial charge on any atom is -0.347 e. The summed E-state index contributed by atoms with van der Waals surface area (Å²) in [5.41, 5.74) is 0.667. The van der Waals surface area contributed by atoms with Gasteiger partial charge < -0.3 is 10.6 Å². The largest absolute Gasteiger partial charge is 0.347 e. The molecule has 2 N–H and O–H groups in total. The van der Waals surface area contributed by atoms with Crippen LogP contribution in [0.4, 0.5) is 4.39 Å². The van der Waals surface area contributed by atoms with Gasteiger partial charge in [0.15, 0.2) is 5.11 Å². The summed E-state index contributed by atoms with van der Waals surface area (Å²) in [6.45, 7) is 0. The first-order chi connectivity index (χ1) is 7.08. The molecule has 0 aromatic heterocycles. The van der Waals surface area contributed by atoms with Gasteiger partial charge in [0.1, 0.15) is 11.9 Å². The second kappa shape index (κ2) is 3.86. The van der Waals surface area contributed by atoms with Crippen molar-refractivity contribution in [3.8, 4) is 0 Å². The fourth-order valence-electron chi connectivity index (χ4n) is 1.34. The lowest BCUT2D eigenvalue weighted by Crippen LogP contribution is -2.21. The molecule has 1 heterocycles. The summed E-state index contributed by atoms with van der Waals surface area (Å²) in [7, 11) is 0. The number of hydrogen-bond donors (Lipinski definition) is 2. The highest BCUT2D eigenvalue weighted by Crippen LogP contribution is 2.23. The van der Waals surface area contributed by atoms with Gasteiger partial charge in [0.05, 0.1) is 4.47 Å². The summed E-state index contributed by atoms with van der Waals surface area (Å²) in [5.74, 6) is -0.585. The molecule has 15 heavy (non-hydrogen) atoms. The van der Waals surface area contributed by atoms with Crippen LogP contribution in [-0.2, 0) is 4.79 Å². The Bertz CT molecular complexity index is 452. The first-order valence-electron chi connectivity index (χ1n) is 4.14. The van der Waals surface area contributed by atoms with Gasteiger partial charge in [0.25, 0.3) is 5.91 Å². The molecule has 0 aliphatic carbocycles. The number of hydrogen-bond acceptors (Lipinski definition) is 2. The molecule has 1 aromatic rings. The lowest BCUT2D eigenvalue weighted by Gasteiger charge is -2.08. The number of rotatable bonds is 1. The molecule has 1 aliphatic rings. The zero-order valence-corrected chi connectivity index (χ0v) is 9.78. The molecule has 1 amide bonds. The molecule has 1 unspecified atom stereocenters. The third-order valence-electron chi connectivity index (χ3n) is 2.05. The van der Waals surface area contributed by atoms with Crippen molar-refractivity contribution in [3.63, 3.8) is 0 Å². The molecule has 1 fully saturated rings. The van der Waals surface area contributed by atoms with Crippen molar-refractivity contribution in [3.05, 3.63) is 34.1 Å². The van der Waals surface area contributed by atoms with E-state index < -0.39 is 6.04 Å². The molecule has 2 rings (SSSR count). The smallest absolute Gasteiger partial charge is 0.253 e. The van der Waals surface area contributed by atoms with Gasteiger partial charge in [-0.2, -0.15) is 0 Å². The van der Waals surface area contributed by atoms with E-state index in [0.717, 1.165) is 0 Å². The Morgan fingerprint density at radius 2 is 2.20 bits per heavy atom. The van der Waals surface area contributed by atoms with E-state index in [-0.39, 0.29) is 11.7 Å². The molecule has 0 spiro atoms. The lowest BCUT2D eigenvalue weighted by molar-refractivity contribution is -0.120. The number of carbonyl (C=O) groups excluding carboxylic acids is 1. The molecule has 1 saturated heterocycles. The predicted molar refractivity (Wildman–Crippen MR) is 60.7 cm³/mol. The van der Waals surface area contributed by atoms with E-state index in [1.54, 1.807) is 12.1 Å². The van der Waals surface area contributed by atoms with Gasteiger partial charge in [-0.15, -0.1) is 0 Å². The van der Waals surface area contributed by atoms with E-state index in [2.05, 4.69) is 26.6 Å². The molecule has 0 saturated carbocycles. The van der Waals surface area contributed by atoms with Crippen molar-refractivity contribution in [2.45, 2.75) is 6.04 Å². The number of amides is 1. The van der Waals surface area contributed by atoms with Crippen LogP contribution in [0.15, 0.2) is 22.7 Å². The van der Waals surface area contributed by atoms with Crippen molar-refractivity contribution in [2.75, 3.05) is 0 Å². The monoisotopic (exact) mass is 288 g/mol. The molecule has 1 aromatic carbocycles. The molecule has 3 nitrogen and oxygen atoms in total. The highest BCUT2D eigenvalue weighted by atomic mass is 79.9. The van der Waals surface area contributed by atoms with Gasteiger partial charge in [0.2, 0.25) is 0 Å². The zero-order chi connectivity index (χ0) is 11.0. The highest BCUT2D eigenvalue weighted by Gasteiger charge is 2.28. The Labute approximate surface area is 99.2 Å². The number of benzene rings is 1. The van der Waals surface area contributed by atoms with E-state index in [9.17, 15) is 9.18 Å². The third kappa shape index (κ3) is 2.00. The zero-order valence-electron chi connectivity index (χ0n) is 7.38. The van der Waals surface area contributed by atoms with Crippen molar-refractivity contribution in [1.29, 1.82) is 0 Å². The fourth-order valence-corrected chi connectivity index (χ4v) is 1.96. The number of nitrogens with one attached hydrogen (secondary N) is 2. The normalized spacial score (nSPS) is 20.0. The molecule has 1 aliphatic heterocycles. The van der Waals surface area contributed by atoms with Crippen LogP contribution in [0.2, 0.25) is 0 Å². The molecule has 0 radical (unpaired) electrons. The molecular formula is C9H6BrFN2OS. The van der Waals surface area contributed by atoms with Gasteiger partial charge in [-0.1, -0.05) is 6.07 Å². The van der Waals surface area contributed by atoms with Gasteiger partial charge in [-0.05, 0) is 45.8 Å². The van der Waals surface area contributed by atoms with E-state index in [4.69, 9.17) is 12.2 Å². The minimum absolute atomic E-state index is 0.224. The fraction of sp³-hybridized carbons (Fsp3) is 0.111. The number of thiocarbonyl (C=S) groups is 1. The average molecular weight is 289 g/mol. The molecular weight excluding hydrogens is 283 g/mol. The average Bonchev–Trinajstić information content (AvgIpc) is 2.50. The van der Waals surface area contributed by atoms with Gasteiger partial charge in [0, 0.05) is 0 Å². The molecule has 0 bridgehead atoms. The summed E-state index contributed by atoms with van der Waals surface area (Å²) in [6, 6.07) is 3.87. The first-order valence-corrected chi connectivity index (χ1v) is 5.34. The van der Waals surface area contributed by atoms with Crippen molar-refractivity contribution in [2.24, 2.45) is 0 Å². The summed E-state index contributed by atoms with van der Waals surface area (Å²) >= 11 is 7.86. The second-order valence-electron chi connectivity index (χ2n) is 3.07. The summed E-state index contributed by atoms with van der Waals surface area (Å²) in [5, 5.41) is 5.56. The van der Waals surface area contributed by atoms with Crippen LogP contribution in [0.3, 0.4) is 0 Å². The van der Waals surface area contributed by atoms with E-state index in [0.29, 0.717) is 15.1 Å². The highest BCUT2D eigenvalue weighted by molar-refractivity contribution is 9.10. The third-order valence-corrected chi connectivity index (χ3v) is 2.88. The van der Waals surface area contributed by atoms with Crippen LogP contribution < -0.4 is 10.6 Å². The van der Waals surface area contributed by atoms with Crippen LogP contribution in [-0.4, -0.2) is 11.0 Å². The molecule has 6 heteroatoms. The predicted octanol–water partition coefficient (Wildman–Crippen LogP) is 1.63. The summed E-state index contributed by atoms with van der Waals surface area (Å²) in [6.07, 6.45) is 0. The Kier molecular flexibility index (Phi) is 2.70. The summed E-state index contributed by atoms with van der Waals surface area (Å²) in [4.78, 5) is 11.4. The van der Waals surface area contributed by atoms with Crippen molar-refractivity contribution in [1.82, 2.24) is 10.6 Å². The van der Waals surface area contributed by atoms with Crippen LogP contribution in [0.1, 0.15) is 11.6 Å². The van der Waals surface area contributed by atoms with Gasteiger partial charge in [-0.3, -0.25) is 4.79 Å². The molecule has 1 atom stereocenters. The SMILES string of the molecule is O=C1NC(=S)NC1c1ccc(F)c(Br)c1. The number of carbonyl (C=O) groups is 1. The Morgan fingerprint density at radius 1 is 1.47 bits per heavy atom. The van der Waals surface area contributed by atoms with Gasteiger partial charge >= 0.3 is 0 Å². The number of halogens is 2. The van der Waals surface area contributed by atoms with Crippen LogP contribution in [0.5, 0.6) is 0 Å². The summed E-state index contributed by atoms with van der Waals surface area (Å²) < 4.78 is 13.3. The van der Waals surface area contributed by atoms with Crippen molar-refractivity contribution >= 4 is 39.2 Å². The van der Waals surface area contributed by atoms with Crippen LogP contribution in [0, 0.1) is 5.82 Å². The second-order valence-corrected chi connectivity index (χ2v) is 4.33. The van der Waals surface area contributed by atoms with Crippen molar-refractivity contribution < 1.29 is 9.18 Å². The minimum atomic E-state index is -0.533. The Hall–Kier alpha value is -1.01. The quantitative estimate of drug-likeness (QED) is 0.772. The van der Waals surface area contributed by atoms with Gasteiger partial charge in [-0.25, -0.2) is 4.39 Å². The standard InChI is InChI=1S/C9H6BrFN2OS/c10-5-3-4(1-2-6(5)11)7-8(14)13-9(15)12-7/h1-3,7H,(H2,12,13,14,15). The maximum absolute atomic E-state index is 13.0. The maximum atomic E-state index is 13.0. The maximum Gasteiger partial charge on any atom is 0.253 e. The topological polar surface area (TPSA) is 41.1 Å².